The molecule has 1 aliphatic heterocycles. The van der Waals surface area contributed by atoms with Gasteiger partial charge < -0.3 is 0 Å². The summed E-state index contributed by atoms with van der Waals surface area (Å²) in [4.78, 5) is 35.7. The first-order valence-electron chi connectivity index (χ1n) is 4.80. The number of thiophene rings is 1. The molecule has 4 nitrogen and oxygen atoms in total. The molecule has 1 aromatic rings. The van der Waals surface area contributed by atoms with Crippen molar-refractivity contribution in [2.45, 2.75) is 12.8 Å². The highest BCUT2D eigenvalue weighted by Gasteiger charge is 2.31. The number of amides is 2. The van der Waals surface area contributed by atoms with Gasteiger partial charge in [-0.05, 0) is 37.9 Å². The van der Waals surface area contributed by atoms with Crippen molar-refractivity contribution in [2.24, 2.45) is 0 Å². The van der Waals surface area contributed by atoms with Crippen LogP contribution < -0.4 is 0 Å². The maximum atomic E-state index is 11.9. The Morgan fingerprint density at radius 1 is 1.29 bits per heavy atom. The molecule has 1 aromatic heterocycles. The van der Waals surface area contributed by atoms with Gasteiger partial charge in [0.1, 0.15) is 0 Å². The van der Waals surface area contributed by atoms with Crippen molar-refractivity contribution < 1.29 is 14.4 Å². The molecule has 2 rings (SSSR count). The summed E-state index contributed by atoms with van der Waals surface area (Å²) >= 11 is 7.93. The first-order valence-corrected chi connectivity index (χ1v) is 7.20. The lowest BCUT2D eigenvalue weighted by Crippen LogP contribution is -2.34. The number of hydrogen-bond acceptors (Lipinski definition) is 4. The molecule has 0 spiro atoms. The van der Waals surface area contributed by atoms with Crippen molar-refractivity contribution in [1.29, 1.82) is 0 Å². The van der Waals surface area contributed by atoms with E-state index in [-0.39, 0.29) is 37.0 Å². The van der Waals surface area contributed by atoms with Gasteiger partial charge in [-0.1, -0.05) is 0 Å². The second kappa shape index (κ2) is 4.99. The molecule has 0 radical (unpaired) electrons. The van der Waals surface area contributed by atoms with Crippen LogP contribution in [0.25, 0.3) is 0 Å². The third-order valence-electron chi connectivity index (χ3n) is 2.41. The number of carbonyl (C=O) groups is 3. The summed E-state index contributed by atoms with van der Waals surface area (Å²) in [5, 5.41) is 0. The Morgan fingerprint density at radius 3 is 2.35 bits per heavy atom. The van der Waals surface area contributed by atoms with Crippen LogP contribution in [0.15, 0.2) is 13.6 Å². The third kappa shape index (κ3) is 2.66. The number of rotatable bonds is 3. The number of imide groups is 1. The summed E-state index contributed by atoms with van der Waals surface area (Å²) in [5.74, 6) is -0.773. The van der Waals surface area contributed by atoms with Crippen LogP contribution in [0, 0.1) is 0 Å². The van der Waals surface area contributed by atoms with E-state index in [1.165, 1.54) is 11.3 Å². The van der Waals surface area contributed by atoms with Crippen molar-refractivity contribution in [1.82, 2.24) is 4.90 Å². The molecule has 0 atom stereocenters. The fraction of sp³-hybridized carbons (Fsp3) is 0.300. The van der Waals surface area contributed by atoms with Crippen LogP contribution in [-0.4, -0.2) is 29.0 Å². The van der Waals surface area contributed by atoms with E-state index in [4.69, 9.17) is 0 Å². The molecule has 2 amide bonds. The van der Waals surface area contributed by atoms with Gasteiger partial charge in [-0.2, -0.15) is 0 Å². The Labute approximate surface area is 118 Å². The topological polar surface area (TPSA) is 54.5 Å². The highest BCUT2D eigenvalue weighted by molar-refractivity contribution is 9.12. The number of Topliss-reactive ketones (excluding diaryl/α,β-unsaturated/α-hetero) is 1. The molecule has 90 valence electrons. The van der Waals surface area contributed by atoms with E-state index in [0.29, 0.717) is 9.35 Å². The van der Waals surface area contributed by atoms with E-state index >= 15 is 0 Å². The Bertz CT molecular complexity index is 496. The molecule has 0 bridgehead atoms. The van der Waals surface area contributed by atoms with Gasteiger partial charge in [-0.25, -0.2) is 0 Å². The summed E-state index contributed by atoms with van der Waals surface area (Å²) < 4.78 is 1.53. The summed E-state index contributed by atoms with van der Waals surface area (Å²) in [7, 11) is 0. The van der Waals surface area contributed by atoms with Gasteiger partial charge >= 0.3 is 0 Å². The SMILES string of the molecule is O=C(CN1C(=O)CCC1=O)c1cc(Br)sc1Br. The average Bonchev–Trinajstić information content (AvgIpc) is 2.74. The number of ketones is 1. The van der Waals surface area contributed by atoms with Crippen LogP contribution in [0.4, 0.5) is 0 Å². The Kier molecular flexibility index (Phi) is 3.79. The predicted molar refractivity (Wildman–Crippen MR) is 70.0 cm³/mol. The summed E-state index contributed by atoms with van der Waals surface area (Å²) in [5.41, 5.74) is 0.495. The van der Waals surface area contributed by atoms with Gasteiger partial charge in [0.05, 0.1) is 14.1 Å². The highest BCUT2D eigenvalue weighted by Crippen LogP contribution is 2.32. The number of likely N-dealkylation sites (tertiary alicyclic amines) is 1. The van der Waals surface area contributed by atoms with Gasteiger partial charge in [-0.15, -0.1) is 11.3 Å². The van der Waals surface area contributed by atoms with Crippen LogP contribution in [0.5, 0.6) is 0 Å². The van der Waals surface area contributed by atoms with Crippen molar-refractivity contribution >= 4 is 60.8 Å². The molecule has 0 aliphatic carbocycles. The van der Waals surface area contributed by atoms with Gasteiger partial charge in [0.25, 0.3) is 0 Å². The monoisotopic (exact) mass is 379 g/mol. The summed E-state index contributed by atoms with van der Waals surface area (Å²) in [6.45, 7) is -0.167. The van der Waals surface area contributed by atoms with E-state index in [2.05, 4.69) is 31.9 Å². The number of hydrogen-bond donors (Lipinski definition) is 0. The maximum Gasteiger partial charge on any atom is 0.230 e. The number of halogens is 2. The zero-order valence-corrected chi connectivity index (χ0v) is 12.5. The van der Waals surface area contributed by atoms with Gasteiger partial charge in [0, 0.05) is 18.4 Å². The van der Waals surface area contributed by atoms with Gasteiger partial charge in [-0.3, -0.25) is 19.3 Å². The van der Waals surface area contributed by atoms with Gasteiger partial charge in [0.2, 0.25) is 11.8 Å². The minimum atomic E-state index is -0.270. The molecule has 17 heavy (non-hydrogen) atoms. The summed E-state index contributed by atoms with van der Waals surface area (Å²) in [6.07, 6.45) is 0.418. The van der Waals surface area contributed by atoms with E-state index in [1.54, 1.807) is 6.07 Å². The largest absolute Gasteiger partial charge is 0.292 e. The fourth-order valence-corrected chi connectivity index (χ4v) is 4.41. The normalized spacial score (nSPS) is 15.8. The Balaban J connectivity index is 2.14. The Hall–Kier alpha value is -0.530. The van der Waals surface area contributed by atoms with E-state index < -0.39 is 0 Å². The van der Waals surface area contributed by atoms with E-state index in [0.717, 1.165) is 8.69 Å². The second-order valence-electron chi connectivity index (χ2n) is 3.53. The van der Waals surface area contributed by atoms with Crippen molar-refractivity contribution in [3.05, 3.63) is 19.2 Å². The molecule has 2 heterocycles. The molecule has 7 heteroatoms. The van der Waals surface area contributed by atoms with Crippen molar-refractivity contribution in [2.75, 3.05) is 6.54 Å². The van der Waals surface area contributed by atoms with Crippen LogP contribution in [0.3, 0.4) is 0 Å². The lowest BCUT2D eigenvalue weighted by Gasteiger charge is -2.11. The van der Waals surface area contributed by atoms with E-state index in [1.807, 2.05) is 0 Å². The average molecular weight is 381 g/mol. The summed E-state index contributed by atoms with van der Waals surface area (Å²) in [6, 6.07) is 1.68. The lowest BCUT2D eigenvalue weighted by molar-refractivity contribution is -0.137. The standard InChI is InChI=1S/C10H7Br2NO3S/c11-7-3-5(10(12)17-7)6(14)4-13-8(15)1-2-9(13)16/h3H,1-2,4H2. The zero-order valence-electron chi connectivity index (χ0n) is 8.53. The van der Waals surface area contributed by atoms with E-state index in [9.17, 15) is 14.4 Å². The van der Waals surface area contributed by atoms with Crippen molar-refractivity contribution in [3.8, 4) is 0 Å². The molecule has 1 fully saturated rings. The Morgan fingerprint density at radius 2 is 1.88 bits per heavy atom. The first kappa shape index (κ1) is 12.9. The first-order chi connectivity index (χ1) is 7.99. The third-order valence-corrected chi connectivity index (χ3v) is 4.75. The molecule has 0 N–H and O–H groups in total. The highest BCUT2D eigenvalue weighted by atomic mass is 79.9. The maximum absolute atomic E-state index is 11.9. The molecular weight excluding hydrogens is 374 g/mol. The van der Waals surface area contributed by atoms with Crippen LogP contribution in [0.2, 0.25) is 0 Å². The number of carbonyl (C=O) groups excluding carboxylic acids is 3. The molecule has 0 unspecified atom stereocenters. The van der Waals surface area contributed by atoms with Gasteiger partial charge in [0.15, 0.2) is 5.78 Å². The predicted octanol–water partition coefficient (Wildman–Crippen LogP) is 2.60. The van der Waals surface area contributed by atoms with Crippen molar-refractivity contribution in [3.63, 3.8) is 0 Å². The smallest absolute Gasteiger partial charge is 0.230 e. The molecule has 0 aromatic carbocycles. The minimum Gasteiger partial charge on any atom is -0.292 e. The second-order valence-corrected chi connectivity index (χ2v) is 7.28. The molecule has 0 saturated carbocycles. The fourth-order valence-electron chi connectivity index (χ4n) is 1.56. The number of nitrogens with zero attached hydrogens (tertiary/aromatic N) is 1. The minimum absolute atomic E-state index is 0.167. The van der Waals surface area contributed by atoms with Crippen LogP contribution >= 0.6 is 43.2 Å². The molecule has 1 saturated heterocycles. The van der Waals surface area contributed by atoms with Crippen LogP contribution in [-0.2, 0) is 9.59 Å². The molecule has 1 aliphatic rings. The zero-order chi connectivity index (χ0) is 12.6. The quantitative estimate of drug-likeness (QED) is 0.598. The molecular formula is C10H7Br2NO3S. The lowest BCUT2D eigenvalue weighted by atomic mass is 10.2. The van der Waals surface area contributed by atoms with Crippen LogP contribution in [0.1, 0.15) is 23.2 Å².